The number of nitrogens with zero attached hydrogens (tertiary/aromatic N) is 1. The first-order chi connectivity index (χ1) is 12.0. The van der Waals surface area contributed by atoms with E-state index in [1.54, 1.807) is 0 Å². The maximum atomic E-state index is 13.0. The lowest BCUT2D eigenvalue weighted by Crippen LogP contribution is -2.63. The van der Waals surface area contributed by atoms with Gasteiger partial charge in [-0.2, -0.15) is 0 Å². The van der Waals surface area contributed by atoms with E-state index in [4.69, 9.17) is 0 Å². The van der Waals surface area contributed by atoms with Crippen molar-refractivity contribution in [1.29, 1.82) is 0 Å². The molecule has 1 heterocycles. The Balaban J connectivity index is 1.94. The van der Waals surface area contributed by atoms with Gasteiger partial charge in [-0.15, -0.1) is 0 Å². The maximum Gasteiger partial charge on any atom is 0.224 e. The van der Waals surface area contributed by atoms with Gasteiger partial charge in [0.1, 0.15) is 0 Å². The number of hydrogen-bond donors (Lipinski definition) is 2. The van der Waals surface area contributed by atoms with Crippen molar-refractivity contribution in [3.63, 3.8) is 0 Å². The van der Waals surface area contributed by atoms with E-state index in [2.05, 4.69) is 57.1 Å². The number of carbonyl (C=O) groups is 2. The molecule has 2 atom stereocenters. The summed E-state index contributed by atoms with van der Waals surface area (Å²) in [6.07, 6.45) is 5.44. The van der Waals surface area contributed by atoms with E-state index < -0.39 is 0 Å². The Hall–Kier alpha value is -1.10. The first-order valence-electron chi connectivity index (χ1n) is 10.4. The third-order valence-corrected chi connectivity index (χ3v) is 5.77. The van der Waals surface area contributed by atoms with Gasteiger partial charge >= 0.3 is 0 Å². The number of hydrogen-bond acceptors (Lipinski definition) is 3. The van der Waals surface area contributed by atoms with Gasteiger partial charge in [-0.05, 0) is 59.3 Å². The van der Waals surface area contributed by atoms with E-state index in [0.29, 0.717) is 18.9 Å². The van der Waals surface area contributed by atoms with E-state index in [1.165, 1.54) is 0 Å². The molecule has 0 aromatic heterocycles. The molecule has 2 amide bonds. The molecule has 1 aliphatic carbocycles. The Bertz CT molecular complexity index is 499. The monoisotopic (exact) mass is 365 g/mol. The Labute approximate surface area is 159 Å². The van der Waals surface area contributed by atoms with Crippen molar-refractivity contribution >= 4 is 11.8 Å². The largest absolute Gasteiger partial charge is 0.355 e. The summed E-state index contributed by atoms with van der Waals surface area (Å²) in [5.41, 5.74) is 0.0426. The Morgan fingerprint density at radius 3 is 2.23 bits per heavy atom. The molecule has 1 saturated heterocycles. The minimum atomic E-state index is 0.0213. The smallest absolute Gasteiger partial charge is 0.224 e. The van der Waals surface area contributed by atoms with Crippen LogP contribution in [0.4, 0.5) is 0 Å². The quantitative estimate of drug-likeness (QED) is 0.695. The number of nitrogens with one attached hydrogen (secondary N) is 2. The molecule has 1 aliphatic heterocycles. The van der Waals surface area contributed by atoms with E-state index in [9.17, 15) is 9.59 Å². The highest BCUT2D eigenvalue weighted by molar-refractivity contribution is 5.82. The molecule has 0 aromatic carbocycles. The molecule has 5 nitrogen and oxygen atoms in total. The molecule has 5 heteroatoms. The van der Waals surface area contributed by atoms with E-state index in [-0.39, 0.29) is 34.9 Å². The van der Waals surface area contributed by atoms with Gasteiger partial charge in [-0.25, -0.2) is 0 Å². The van der Waals surface area contributed by atoms with Crippen LogP contribution in [0.5, 0.6) is 0 Å². The predicted molar refractivity (Wildman–Crippen MR) is 106 cm³/mol. The molecule has 2 fully saturated rings. The molecule has 2 N–H and O–H groups in total. The van der Waals surface area contributed by atoms with E-state index in [0.717, 1.165) is 38.6 Å². The van der Waals surface area contributed by atoms with Gasteiger partial charge in [0.25, 0.3) is 0 Å². The van der Waals surface area contributed by atoms with Crippen LogP contribution in [0, 0.1) is 11.8 Å². The molecule has 1 saturated carbocycles. The molecule has 2 rings (SSSR count). The number of piperidine rings is 1. The van der Waals surface area contributed by atoms with Gasteiger partial charge in [0.2, 0.25) is 11.8 Å². The fourth-order valence-corrected chi connectivity index (χ4v) is 4.58. The first kappa shape index (κ1) is 21.2. The lowest BCUT2D eigenvalue weighted by atomic mass is 9.79. The molecule has 150 valence electrons. The van der Waals surface area contributed by atoms with Crippen molar-refractivity contribution in [1.82, 2.24) is 15.5 Å². The average Bonchev–Trinajstić information content (AvgIpc) is 3.21. The maximum absolute atomic E-state index is 13.0. The second-order valence-electron chi connectivity index (χ2n) is 9.76. The third kappa shape index (κ3) is 5.97. The molecular formula is C21H39N3O2. The number of carbonyl (C=O) groups excluding carboxylic acids is 2. The summed E-state index contributed by atoms with van der Waals surface area (Å²) in [7, 11) is 0. The molecule has 0 spiro atoms. The van der Waals surface area contributed by atoms with Crippen LogP contribution < -0.4 is 10.6 Å². The zero-order valence-corrected chi connectivity index (χ0v) is 17.7. The van der Waals surface area contributed by atoms with Crippen LogP contribution in [0.15, 0.2) is 0 Å². The SMILES string of the molecule is CCCCN(C(=O)CCNC(=O)C1CC1C)C1CC(C)(C)NC(C)(C)C1. The van der Waals surface area contributed by atoms with Crippen LogP contribution in [0.1, 0.15) is 80.1 Å². The highest BCUT2D eigenvalue weighted by Gasteiger charge is 2.41. The Kier molecular flexibility index (Phi) is 6.75. The zero-order valence-electron chi connectivity index (χ0n) is 17.7. The van der Waals surface area contributed by atoms with Gasteiger partial charge < -0.3 is 15.5 Å². The zero-order chi connectivity index (χ0) is 19.5. The van der Waals surface area contributed by atoms with Gasteiger partial charge in [0.15, 0.2) is 0 Å². The van der Waals surface area contributed by atoms with Crippen molar-refractivity contribution in [2.45, 2.75) is 97.2 Å². The van der Waals surface area contributed by atoms with Crippen molar-refractivity contribution in [2.24, 2.45) is 11.8 Å². The first-order valence-corrected chi connectivity index (χ1v) is 10.4. The fraction of sp³-hybridized carbons (Fsp3) is 0.905. The van der Waals surface area contributed by atoms with Crippen LogP contribution >= 0.6 is 0 Å². The molecule has 26 heavy (non-hydrogen) atoms. The van der Waals surface area contributed by atoms with Crippen molar-refractivity contribution in [3.8, 4) is 0 Å². The van der Waals surface area contributed by atoms with Gasteiger partial charge in [0, 0.05) is 42.5 Å². The predicted octanol–water partition coefficient (Wildman–Crippen LogP) is 3.09. The molecule has 0 aromatic rings. The van der Waals surface area contributed by atoms with Crippen LogP contribution in [-0.2, 0) is 9.59 Å². The van der Waals surface area contributed by atoms with E-state index in [1.807, 2.05) is 0 Å². The second-order valence-corrected chi connectivity index (χ2v) is 9.76. The average molecular weight is 366 g/mol. The normalized spacial score (nSPS) is 27.0. The van der Waals surface area contributed by atoms with E-state index >= 15 is 0 Å². The fourth-order valence-electron chi connectivity index (χ4n) is 4.58. The number of amides is 2. The molecule has 0 bridgehead atoms. The minimum absolute atomic E-state index is 0.0213. The van der Waals surface area contributed by atoms with Gasteiger partial charge in [-0.1, -0.05) is 20.3 Å². The molecule has 0 radical (unpaired) electrons. The van der Waals surface area contributed by atoms with Gasteiger partial charge in [-0.3, -0.25) is 9.59 Å². The summed E-state index contributed by atoms with van der Waals surface area (Å²) in [5, 5.41) is 6.65. The molecule has 2 aliphatic rings. The highest BCUT2D eigenvalue weighted by atomic mass is 16.2. The minimum Gasteiger partial charge on any atom is -0.355 e. The van der Waals surface area contributed by atoms with Crippen molar-refractivity contribution in [2.75, 3.05) is 13.1 Å². The Morgan fingerprint density at radius 1 is 1.15 bits per heavy atom. The summed E-state index contributed by atoms with van der Waals surface area (Å²) >= 11 is 0. The van der Waals surface area contributed by atoms with Crippen molar-refractivity contribution in [3.05, 3.63) is 0 Å². The highest BCUT2D eigenvalue weighted by Crippen LogP contribution is 2.37. The lowest BCUT2D eigenvalue weighted by Gasteiger charge is -2.49. The standard InChI is InChI=1S/C21H39N3O2/c1-7-8-11-24(16-13-20(3,4)23-21(5,6)14-16)18(25)9-10-22-19(26)17-12-15(17)2/h15-17,23H,7-14H2,1-6H3,(H,22,26). The van der Waals surface area contributed by atoms with Crippen LogP contribution in [0.2, 0.25) is 0 Å². The Morgan fingerprint density at radius 2 is 1.73 bits per heavy atom. The third-order valence-electron chi connectivity index (χ3n) is 5.77. The summed E-state index contributed by atoms with van der Waals surface area (Å²) < 4.78 is 0. The van der Waals surface area contributed by atoms with Crippen LogP contribution in [0.25, 0.3) is 0 Å². The topological polar surface area (TPSA) is 61.4 Å². The second kappa shape index (κ2) is 8.28. The van der Waals surface area contributed by atoms with Crippen LogP contribution in [0.3, 0.4) is 0 Å². The number of unbranched alkanes of at least 4 members (excludes halogenated alkanes) is 1. The van der Waals surface area contributed by atoms with Crippen molar-refractivity contribution < 1.29 is 9.59 Å². The summed E-state index contributed by atoms with van der Waals surface area (Å²) in [6, 6.07) is 0.263. The molecular weight excluding hydrogens is 326 g/mol. The summed E-state index contributed by atoms with van der Waals surface area (Å²) in [5.74, 6) is 0.980. The van der Waals surface area contributed by atoms with Crippen LogP contribution in [-0.4, -0.2) is 46.9 Å². The van der Waals surface area contributed by atoms with Gasteiger partial charge in [0.05, 0.1) is 0 Å². The molecule has 2 unspecified atom stereocenters. The lowest BCUT2D eigenvalue weighted by molar-refractivity contribution is -0.135. The number of rotatable bonds is 8. The summed E-state index contributed by atoms with van der Waals surface area (Å²) in [6.45, 7) is 14.4. The summed E-state index contributed by atoms with van der Waals surface area (Å²) in [4.78, 5) is 27.0.